The number of carbonyl (C=O) groups excluding carboxylic acids is 1. The summed E-state index contributed by atoms with van der Waals surface area (Å²) < 4.78 is 15.2. The van der Waals surface area contributed by atoms with Crippen LogP contribution in [0.3, 0.4) is 0 Å². The Kier molecular flexibility index (Phi) is 22.5. The molecule has 2 unspecified atom stereocenters. The van der Waals surface area contributed by atoms with E-state index in [1.54, 1.807) is 12.1 Å². The number of fused-ring (bicyclic) bond motifs is 1. The normalized spacial score (nSPS) is 15.0. The first-order valence-corrected chi connectivity index (χ1v) is 24.4. The molecule has 2 atom stereocenters. The van der Waals surface area contributed by atoms with Gasteiger partial charge in [-0.3, -0.25) is 14.2 Å². The van der Waals surface area contributed by atoms with Crippen molar-refractivity contribution in [1.82, 2.24) is 9.55 Å². The molecular weight excluding hydrogens is 946 g/mol. The number of nitrogens with zero attached hydrogens (tertiary/aromatic N) is 4. The fraction of sp³-hybridized carbons (Fsp3) is 0.333. The number of halogens is 2. The van der Waals surface area contributed by atoms with Gasteiger partial charge < -0.3 is 27.6 Å². The number of aromatic nitrogens is 2. The number of carbonyl (C=O) groups is 1. The molecular formula is C60H65BrFMgN5O2. The number of nitrogens with two attached hydrogens (primary N) is 1. The number of nitriles is 1. The van der Waals surface area contributed by atoms with Crippen molar-refractivity contribution < 1.29 is 26.2 Å². The molecule has 1 aromatic heterocycles. The van der Waals surface area contributed by atoms with Gasteiger partial charge in [0.2, 0.25) is 0 Å². The third kappa shape index (κ3) is 18.1. The van der Waals surface area contributed by atoms with Gasteiger partial charge in [0.05, 0.1) is 23.0 Å². The van der Waals surface area contributed by atoms with E-state index in [9.17, 15) is 14.0 Å². The van der Waals surface area contributed by atoms with E-state index in [1.807, 2.05) is 127 Å². The molecule has 2 N–H and O–H groups in total. The largest absolute Gasteiger partial charge is 2.00 e. The van der Waals surface area contributed by atoms with Crippen LogP contribution in [0.15, 0.2) is 169 Å². The van der Waals surface area contributed by atoms with Crippen molar-refractivity contribution in [3.63, 3.8) is 0 Å². The molecule has 0 radical (unpaired) electrons. The molecule has 0 bridgehead atoms. The summed E-state index contributed by atoms with van der Waals surface area (Å²) in [5, 5.41) is 8.62. The summed E-state index contributed by atoms with van der Waals surface area (Å²) in [6, 6.07) is 57.1. The topological polar surface area (TPSA) is 105 Å². The predicted molar refractivity (Wildman–Crippen MR) is 280 cm³/mol. The minimum atomic E-state index is -0.272. The summed E-state index contributed by atoms with van der Waals surface area (Å²) in [5.41, 5.74) is 11.7. The molecule has 11 rings (SSSR count). The second-order valence-corrected chi connectivity index (χ2v) is 18.7. The number of aryl methyl sites for hydroxylation is 1. The average molecular weight is 1010 g/mol. The van der Waals surface area contributed by atoms with Crippen LogP contribution in [0.1, 0.15) is 116 Å². The Morgan fingerprint density at radius 2 is 1.24 bits per heavy atom. The zero-order valence-electron chi connectivity index (χ0n) is 40.7. The van der Waals surface area contributed by atoms with Crippen LogP contribution in [0, 0.1) is 53.8 Å². The Labute approximate surface area is 441 Å². The van der Waals surface area contributed by atoms with Crippen molar-refractivity contribution in [2.24, 2.45) is 29.4 Å². The Morgan fingerprint density at radius 1 is 0.729 bits per heavy atom. The van der Waals surface area contributed by atoms with Gasteiger partial charge in [-0.15, -0.1) is 0 Å². The van der Waals surface area contributed by atoms with Gasteiger partial charge in [-0.1, -0.05) is 117 Å². The molecule has 358 valence electrons. The Hall–Kier alpha value is -5.44. The van der Waals surface area contributed by atoms with Crippen LogP contribution < -0.4 is 33.2 Å². The molecule has 10 heteroatoms. The molecule has 0 amide bonds. The van der Waals surface area contributed by atoms with E-state index in [-0.39, 0.29) is 63.5 Å². The van der Waals surface area contributed by atoms with Crippen molar-refractivity contribution in [2.45, 2.75) is 96.1 Å². The molecule has 0 spiro atoms. The second-order valence-electron chi connectivity index (χ2n) is 18.7. The molecule has 4 fully saturated rings. The van der Waals surface area contributed by atoms with Crippen molar-refractivity contribution in [3.05, 3.63) is 209 Å². The van der Waals surface area contributed by atoms with Crippen LogP contribution in [0.4, 0.5) is 15.8 Å². The van der Waals surface area contributed by atoms with Crippen molar-refractivity contribution >= 4 is 51.1 Å². The van der Waals surface area contributed by atoms with Crippen molar-refractivity contribution in [1.29, 1.82) is 5.26 Å². The predicted octanol–water partition coefficient (Wildman–Crippen LogP) is 10.6. The summed E-state index contributed by atoms with van der Waals surface area (Å²) in [6.45, 7) is 1.92. The average Bonchev–Trinajstić information content (AvgIpc) is 4.13. The molecule has 4 saturated carbocycles. The van der Waals surface area contributed by atoms with Crippen molar-refractivity contribution in [2.75, 3.05) is 11.9 Å². The van der Waals surface area contributed by atoms with Crippen LogP contribution >= 0.6 is 0 Å². The number of benzene rings is 6. The minimum absolute atomic E-state index is 0. The third-order valence-electron chi connectivity index (χ3n) is 12.9. The number of Topliss-reactive ketones (excluding diaryl/α,β-unsaturated/α-hetero) is 1. The molecule has 7 nitrogen and oxygen atoms in total. The Balaban J connectivity index is 0.000000195. The first kappa shape index (κ1) is 55.5. The van der Waals surface area contributed by atoms with Gasteiger partial charge in [0.25, 0.3) is 5.56 Å². The van der Waals surface area contributed by atoms with Gasteiger partial charge in [0, 0.05) is 42.9 Å². The molecule has 0 saturated heterocycles. The van der Waals surface area contributed by atoms with E-state index in [1.165, 1.54) is 75.5 Å². The van der Waals surface area contributed by atoms with Crippen LogP contribution in [-0.4, -0.2) is 45.4 Å². The van der Waals surface area contributed by atoms with Gasteiger partial charge in [-0.2, -0.15) is 41.7 Å². The van der Waals surface area contributed by atoms with Crippen LogP contribution in [-0.2, 0) is 0 Å². The summed E-state index contributed by atoms with van der Waals surface area (Å²) in [6.07, 6.45) is 14.0. The maximum Gasteiger partial charge on any atom is 2.00 e. The summed E-state index contributed by atoms with van der Waals surface area (Å²) in [7, 11) is 1.91. The number of anilines is 2. The minimum Gasteiger partial charge on any atom is -1.00 e. The van der Waals surface area contributed by atoms with E-state index in [0.717, 1.165) is 59.4 Å². The molecule has 0 aliphatic heterocycles. The fourth-order valence-corrected chi connectivity index (χ4v) is 8.09. The molecule has 70 heavy (non-hydrogen) atoms. The molecule has 6 aromatic carbocycles. The van der Waals surface area contributed by atoms with E-state index in [4.69, 9.17) is 16.0 Å². The zero-order valence-corrected chi connectivity index (χ0v) is 43.7. The first-order chi connectivity index (χ1) is 33.2. The Morgan fingerprint density at radius 3 is 1.74 bits per heavy atom. The number of ketones is 1. The fourth-order valence-electron chi connectivity index (χ4n) is 8.09. The van der Waals surface area contributed by atoms with E-state index in [0.29, 0.717) is 28.5 Å². The van der Waals surface area contributed by atoms with Crippen LogP contribution in [0.2, 0.25) is 0 Å². The molecule has 4 aliphatic rings. The van der Waals surface area contributed by atoms with Gasteiger partial charge in [0.15, 0.2) is 5.78 Å². The van der Waals surface area contributed by atoms with E-state index >= 15 is 0 Å². The summed E-state index contributed by atoms with van der Waals surface area (Å²) in [4.78, 5) is 32.0. The van der Waals surface area contributed by atoms with E-state index < -0.39 is 0 Å². The number of hydrogen-bond acceptors (Lipinski definition) is 6. The molecule has 7 aromatic rings. The number of hydrogen-bond donors (Lipinski definition) is 1. The van der Waals surface area contributed by atoms with Crippen molar-refractivity contribution in [3.8, 4) is 6.07 Å². The van der Waals surface area contributed by atoms with Crippen LogP contribution in [0.5, 0.6) is 0 Å². The quantitative estimate of drug-likeness (QED) is 0.0701. The molecule has 1 heterocycles. The zero-order chi connectivity index (χ0) is 47.7. The number of rotatable bonds is 13. The van der Waals surface area contributed by atoms with Gasteiger partial charge in [-0.05, 0) is 123 Å². The second kappa shape index (κ2) is 28.4. The first-order valence-electron chi connectivity index (χ1n) is 24.4. The van der Waals surface area contributed by atoms with Gasteiger partial charge in [-0.25, -0.2) is 9.37 Å². The SMILES string of the molecule is Cc1nc2ccc(N(C)c3ccc(F)cc3)cc2c(=O)n1C(CC1CC1)c1ccccc1.N#CCC1CC1.NC(CC1CC1)c1ccccc1.O=C(CC1CC1)c1ccccc1.[Br-].[Mg+2].[c-]1ccccc1. The molecule has 4 aliphatic carbocycles. The monoisotopic (exact) mass is 1010 g/mol. The maximum atomic E-state index is 13.8. The summed E-state index contributed by atoms with van der Waals surface area (Å²) in [5.74, 6) is 3.83. The van der Waals surface area contributed by atoms with Gasteiger partial charge in [0.1, 0.15) is 11.6 Å². The standard InChI is InChI=1S/C27H26FN3O.C11H15N.C11H12O.C6H5.C5H7N.BrH.Mg/c1-18-29-25-15-14-23(30(2)22-12-10-21(28)11-13-22)17-24(25)27(32)31(18)26(16-19-8-9-19)20-6-4-3-5-7-20;2*12-11(8-9-6-7-9)10-4-2-1-3-5-10;1-2-4-6-5-3-1;6-4-3-5-1-2-5;;/h3-7,10-15,17,19,26H,8-9,16H2,1-2H3;1-5,9,11H,6-8,12H2;1-5,9H,6-8H2;1-5H;5H,1-3H2;1H;/q;;;-1;;;+2/p-1. The van der Waals surface area contributed by atoms with Gasteiger partial charge >= 0.3 is 23.1 Å². The Bertz CT molecular complexity index is 2700. The summed E-state index contributed by atoms with van der Waals surface area (Å²) >= 11 is 0. The smallest absolute Gasteiger partial charge is 1.00 e. The third-order valence-corrected chi connectivity index (χ3v) is 12.9. The van der Waals surface area contributed by atoms with Crippen LogP contribution in [0.25, 0.3) is 10.9 Å². The van der Waals surface area contributed by atoms with E-state index in [2.05, 4.69) is 48.5 Å². The maximum absolute atomic E-state index is 13.8.